The fourth-order valence-corrected chi connectivity index (χ4v) is 2.31. The molecule has 0 saturated heterocycles. The number of aromatic nitrogens is 1. The van der Waals surface area contributed by atoms with E-state index in [9.17, 15) is 53.5 Å². The number of halogens is 11. The van der Waals surface area contributed by atoms with E-state index in [4.69, 9.17) is 0 Å². The van der Waals surface area contributed by atoms with Gasteiger partial charge in [0.05, 0.1) is 25.9 Å². The Bertz CT molecular complexity index is 881. The van der Waals surface area contributed by atoms with E-state index in [1.54, 1.807) is 0 Å². The van der Waals surface area contributed by atoms with Gasteiger partial charge in [-0.2, -0.15) is 43.9 Å². The van der Waals surface area contributed by atoms with E-state index in [-0.39, 0.29) is 0 Å². The number of rotatable bonds is 7. The Morgan fingerprint density at radius 3 is 1.81 bits per heavy atom. The molecular formula is C15H11ClF10N2O4. The van der Waals surface area contributed by atoms with Crippen LogP contribution in [0.25, 0.3) is 0 Å². The molecule has 1 N–H and O–H groups in total. The highest BCUT2D eigenvalue weighted by Gasteiger charge is 2.57. The number of hydrogen-bond donors (Lipinski definition) is 1. The zero-order chi connectivity index (χ0) is 25.3. The number of hydrogen-bond acceptors (Lipinski definition) is 6. The molecule has 1 aromatic heterocycles. The van der Waals surface area contributed by atoms with Crippen LogP contribution in [0.15, 0.2) is 0 Å². The van der Waals surface area contributed by atoms with Gasteiger partial charge in [-0.3, -0.25) is 0 Å². The number of ether oxygens (including phenoxy) is 2. The van der Waals surface area contributed by atoms with Gasteiger partial charge in [0.15, 0.2) is 5.69 Å². The summed E-state index contributed by atoms with van der Waals surface area (Å²) in [5.74, 6) is -9.65. The average Bonchev–Trinajstić information content (AvgIpc) is 2.62. The molecule has 0 bridgehead atoms. The summed E-state index contributed by atoms with van der Waals surface area (Å²) in [6.45, 7) is -2.14. The topological polar surface area (TPSA) is 77.5 Å². The lowest BCUT2D eigenvalue weighted by Crippen LogP contribution is -2.43. The standard InChI is InChI=1S/C15H11ClF10N2O4/c1-3-32-11(30)6-7(27-4-12(17,18)15(24,25)26)5(10(29)31-2)8(13(16,19)20)28-9(6)14(21,22)23/h3-4H2,1-2H3,(H,27,28). The number of esters is 2. The van der Waals surface area contributed by atoms with Crippen LogP contribution in [0.2, 0.25) is 0 Å². The molecule has 17 heteroatoms. The van der Waals surface area contributed by atoms with E-state index in [2.05, 4.69) is 26.1 Å². The molecule has 0 unspecified atom stereocenters. The van der Waals surface area contributed by atoms with Crippen LogP contribution in [0.1, 0.15) is 39.0 Å². The Balaban J connectivity index is 4.08. The molecule has 1 heterocycles. The Hall–Kier alpha value is -2.52. The van der Waals surface area contributed by atoms with Crippen molar-refractivity contribution in [3.05, 3.63) is 22.5 Å². The Labute approximate surface area is 176 Å². The predicted octanol–water partition coefficient (Wildman–Crippen LogP) is 4.96. The molecule has 182 valence electrons. The maximum Gasteiger partial charge on any atom is 0.455 e. The normalized spacial score (nSPS) is 13.0. The van der Waals surface area contributed by atoms with E-state index in [1.807, 2.05) is 0 Å². The first-order valence-corrected chi connectivity index (χ1v) is 8.33. The molecule has 0 amide bonds. The fourth-order valence-electron chi connectivity index (χ4n) is 2.17. The first-order chi connectivity index (χ1) is 14.3. The van der Waals surface area contributed by atoms with Gasteiger partial charge in [-0.15, -0.1) is 0 Å². The second-order valence-corrected chi connectivity index (χ2v) is 6.17. The van der Waals surface area contributed by atoms with E-state index in [1.165, 1.54) is 0 Å². The van der Waals surface area contributed by atoms with E-state index < -0.39 is 76.9 Å². The molecule has 0 aliphatic rings. The van der Waals surface area contributed by atoms with Gasteiger partial charge in [-0.25, -0.2) is 14.6 Å². The Morgan fingerprint density at radius 2 is 1.44 bits per heavy atom. The lowest BCUT2D eigenvalue weighted by molar-refractivity contribution is -0.275. The quantitative estimate of drug-likeness (QED) is 0.319. The van der Waals surface area contributed by atoms with Crippen molar-refractivity contribution >= 4 is 29.2 Å². The zero-order valence-electron chi connectivity index (χ0n) is 15.7. The molecule has 1 rings (SSSR count). The van der Waals surface area contributed by atoms with Crippen molar-refractivity contribution in [1.29, 1.82) is 0 Å². The van der Waals surface area contributed by atoms with Gasteiger partial charge < -0.3 is 14.8 Å². The highest BCUT2D eigenvalue weighted by Crippen LogP contribution is 2.44. The number of nitrogens with zero attached hydrogens (tertiary/aromatic N) is 1. The molecule has 1 aromatic rings. The summed E-state index contributed by atoms with van der Waals surface area (Å²) in [6.07, 6.45) is -12.0. The van der Waals surface area contributed by atoms with Crippen LogP contribution in [0.4, 0.5) is 49.6 Å². The SMILES string of the molecule is CCOC(=O)c1c(C(F)(F)F)nc(C(F)(F)Cl)c(C(=O)OC)c1NCC(F)(F)C(F)(F)F. The lowest BCUT2D eigenvalue weighted by Gasteiger charge is -2.25. The second kappa shape index (κ2) is 9.15. The maximum absolute atomic E-state index is 13.8. The third-order valence-electron chi connectivity index (χ3n) is 3.51. The van der Waals surface area contributed by atoms with Gasteiger partial charge >= 0.3 is 35.6 Å². The zero-order valence-corrected chi connectivity index (χ0v) is 16.4. The number of pyridine rings is 1. The van der Waals surface area contributed by atoms with E-state index >= 15 is 0 Å². The van der Waals surface area contributed by atoms with Crippen LogP contribution in [-0.2, 0) is 21.0 Å². The van der Waals surface area contributed by atoms with Crippen LogP contribution in [0, 0.1) is 0 Å². The largest absolute Gasteiger partial charge is 0.465 e. The fraction of sp³-hybridized carbons (Fsp3) is 0.533. The second-order valence-electron chi connectivity index (χ2n) is 5.70. The van der Waals surface area contributed by atoms with Crippen LogP contribution in [-0.4, -0.2) is 49.3 Å². The van der Waals surface area contributed by atoms with Crippen molar-refractivity contribution in [2.75, 3.05) is 25.6 Å². The number of anilines is 1. The molecule has 0 aliphatic heterocycles. The number of carbonyl (C=O) groups is 2. The third-order valence-corrected chi connectivity index (χ3v) is 3.68. The minimum Gasteiger partial charge on any atom is -0.465 e. The highest BCUT2D eigenvalue weighted by molar-refractivity contribution is 6.22. The minimum absolute atomic E-state index is 0.508. The van der Waals surface area contributed by atoms with Gasteiger partial charge in [0.2, 0.25) is 0 Å². The Kier molecular flexibility index (Phi) is 7.87. The molecule has 0 aliphatic carbocycles. The number of nitrogens with one attached hydrogen (secondary N) is 1. The van der Waals surface area contributed by atoms with Crippen molar-refractivity contribution in [1.82, 2.24) is 4.98 Å². The summed E-state index contributed by atoms with van der Waals surface area (Å²) < 4.78 is 140. The lowest BCUT2D eigenvalue weighted by atomic mass is 10.0. The summed E-state index contributed by atoms with van der Waals surface area (Å²) in [7, 11) is 0.508. The first-order valence-electron chi connectivity index (χ1n) is 7.95. The van der Waals surface area contributed by atoms with Crippen molar-refractivity contribution in [3.8, 4) is 0 Å². The van der Waals surface area contributed by atoms with Crippen molar-refractivity contribution < 1.29 is 63.0 Å². The highest BCUT2D eigenvalue weighted by atomic mass is 35.5. The van der Waals surface area contributed by atoms with Gasteiger partial charge in [0.1, 0.15) is 16.8 Å². The summed E-state index contributed by atoms with van der Waals surface area (Å²) in [5.41, 5.74) is -10.2. The molecule has 32 heavy (non-hydrogen) atoms. The summed E-state index contributed by atoms with van der Waals surface area (Å²) >= 11 is 4.67. The van der Waals surface area contributed by atoms with Gasteiger partial charge in [0, 0.05) is 0 Å². The molecule has 0 radical (unpaired) electrons. The summed E-state index contributed by atoms with van der Waals surface area (Å²) in [6, 6.07) is 0. The smallest absolute Gasteiger partial charge is 0.455 e. The van der Waals surface area contributed by atoms with Gasteiger partial charge in [-0.05, 0) is 18.5 Å². The van der Waals surface area contributed by atoms with Crippen molar-refractivity contribution in [2.24, 2.45) is 0 Å². The first kappa shape index (κ1) is 27.5. The monoisotopic (exact) mass is 508 g/mol. The molecule has 0 spiro atoms. The van der Waals surface area contributed by atoms with Crippen LogP contribution in [0.3, 0.4) is 0 Å². The average molecular weight is 509 g/mol. The molecule has 0 atom stereocenters. The molecule has 0 fully saturated rings. The van der Waals surface area contributed by atoms with E-state index in [0.29, 0.717) is 7.11 Å². The number of methoxy groups -OCH3 is 1. The number of alkyl halides is 11. The molecule has 6 nitrogen and oxygen atoms in total. The summed E-state index contributed by atoms with van der Waals surface area (Å²) in [5, 5.41) is -3.78. The van der Waals surface area contributed by atoms with Crippen LogP contribution < -0.4 is 5.32 Å². The number of carbonyl (C=O) groups excluding carboxylic acids is 2. The van der Waals surface area contributed by atoms with Crippen molar-refractivity contribution in [2.45, 2.75) is 30.6 Å². The minimum atomic E-state index is -6.24. The van der Waals surface area contributed by atoms with E-state index in [0.717, 1.165) is 12.2 Å². The molecular weight excluding hydrogens is 498 g/mol. The van der Waals surface area contributed by atoms with Crippen LogP contribution in [0.5, 0.6) is 0 Å². The van der Waals surface area contributed by atoms with Crippen LogP contribution >= 0.6 is 11.6 Å². The third kappa shape index (κ3) is 5.83. The van der Waals surface area contributed by atoms with Crippen molar-refractivity contribution in [3.63, 3.8) is 0 Å². The molecule has 0 aromatic carbocycles. The van der Waals surface area contributed by atoms with Gasteiger partial charge in [0.25, 0.3) is 0 Å². The maximum atomic E-state index is 13.8. The Morgan fingerprint density at radius 1 is 0.938 bits per heavy atom. The predicted molar refractivity (Wildman–Crippen MR) is 85.8 cm³/mol. The molecule has 0 saturated carbocycles. The summed E-state index contributed by atoms with van der Waals surface area (Å²) in [4.78, 5) is 26.6. The van der Waals surface area contributed by atoms with Gasteiger partial charge in [-0.1, -0.05) is 0 Å².